The third-order valence-corrected chi connectivity index (χ3v) is 3.09. The number of carbonyl (C=O) groups excluding carboxylic acids is 1. The van der Waals surface area contributed by atoms with E-state index >= 15 is 0 Å². The second-order valence-electron chi connectivity index (χ2n) is 5.28. The molecule has 0 aromatic carbocycles. The molecule has 0 bridgehead atoms. The van der Waals surface area contributed by atoms with Crippen LogP contribution in [0.15, 0.2) is 0 Å². The molecule has 0 aliphatic carbocycles. The second kappa shape index (κ2) is 19.0. The molecule has 0 rings (SSSR count). The van der Waals surface area contributed by atoms with Crippen molar-refractivity contribution in [1.29, 1.82) is 0 Å². The van der Waals surface area contributed by atoms with Crippen LogP contribution in [-0.2, 0) is 4.79 Å². The molecule has 0 N–H and O–H groups in total. The lowest BCUT2D eigenvalue weighted by atomic mass is 10.1. The van der Waals surface area contributed by atoms with Crippen LogP contribution in [0.3, 0.4) is 0 Å². The highest BCUT2D eigenvalue weighted by Gasteiger charge is 1.92. The highest BCUT2D eigenvalue weighted by molar-refractivity contribution is 5.75. The van der Waals surface area contributed by atoms with Gasteiger partial charge >= 0.3 is 0 Å². The largest absolute Gasteiger partial charge is 0.300 e. The van der Waals surface area contributed by atoms with Gasteiger partial charge in [0, 0.05) is 6.42 Å². The molecule has 110 valence electrons. The Hall–Kier alpha value is -0.330. The maximum atomic E-state index is 10.5. The van der Waals surface area contributed by atoms with E-state index in [1.165, 1.54) is 64.2 Å². The topological polar surface area (TPSA) is 17.1 Å². The highest BCUT2D eigenvalue weighted by atomic mass is 16.1. The second-order valence-corrected chi connectivity index (χ2v) is 5.28. The summed E-state index contributed by atoms with van der Waals surface area (Å²) in [4.78, 5) is 10.5. The fourth-order valence-electron chi connectivity index (χ4n) is 1.83. The van der Waals surface area contributed by atoms with Gasteiger partial charge in [0.25, 0.3) is 0 Å². The number of Topliss-reactive ketones (excluding diaryl/α,β-unsaturated/α-hetero) is 1. The smallest absolute Gasteiger partial charge is 0.129 e. The van der Waals surface area contributed by atoms with Gasteiger partial charge in [-0.1, -0.05) is 85.0 Å². The van der Waals surface area contributed by atoms with Crippen molar-refractivity contribution >= 4 is 5.78 Å². The molecule has 0 saturated heterocycles. The van der Waals surface area contributed by atoms with Crippen LogP contribution in [-0.4, -0.2) is 5.78 Å². The van der Waals surface area contributed by atoms with Crippen molar-refractivity contribution in [3.63, 3.8) is 0 Å². The highest BCUT2D eigenvalue weighted by Crippen LogP contribution is 2.06. The van der Waals surface area contributed by atoms with Crippen LogP contribution in [0.2, 0.25) is 0 Å². The van der Waals surface area contributed by atoms with E-state index in [9.17, 15) is 4.79 Å². The molecule has 18 heavy (non-hydrogen) atoms. The first-order chi connectivity index (χ1) is 8.68. The fraction of sp³-hybridized carbons (Fsp3) is 0.941. The van der Waals surface area contributed by atoms with E-state index in [-0.39, 0.29) is 0 Å². The van der Waals surface area contributed by atoms with E-state index in [1.54, 1.807) is 6.92 Å². The Morgan fingerprint density at radius 2 is 0.944 bits per heavy atom. The Morgan fingerprint density at radius 1 is 0.611 bits per heavy atom. The SMILES string of the molecule is CCCCCCC.CCCCCCCCC(C)=O. The summed E-state index contributed by atoms with van der Waals surface area (Å²) < 4.78 is 0. The quantitative estimate of drug-likeness (QED) is 0.396. The molecule has 0 aliphatic heterocycles. The van der Waals surface area contributed by atoms with Gasteiger partial charge in [0.2, 0.25) is 0 Å². The molecule has 0 radical (unpaired) electrons. The van der Waals surface area contributed by atoms with Gasteiger partial charge in [-0.15, -0.1) is 0 Å². The zero-order valence-corrected chi connectivity index (χ0v) is 13.4. The van der Waals surface area contributed by atoms with Crippen LogP contribution >= 0.6 is 0 Å². The summed E-state index contributed by atoms with van der Waals surface area (Å²) in [6.07, 6.45) is 15.4. The molecular formula is C17H36O. The summed E-state index contributed by atoms with van der Waals surface area (Å²) >= 11 is 0. The van der Waals surface area contributed by atoms with E-state index in [0.29, 0.717) is 5.78 Å². The Labute approximate surface area is 116 Å². The van der Waals surface area contributed by atoms with Crippen LogP contribution < -0.4 is 0 Å². The van der Waals surface area contributed by atoms with E-state index in [0.717, 1.165) is 12.8 Å². The number of hydrogen-bond donors (Lipinski definition) is 0. The molecule has 0 saturated carbocycles. The van der Waals surface area contributed by atoms with Crippen LogP contribution in [0, 0.1) is 0 Å². The molecule has 0 amide bonds. The molecule has 0 spiro atoms. The monoisotopic (exact) mass is 256 g/mol. The van der Waals surface area contributed by atoms with E-state index in [1.807, 2.05) is 0 Å². The van der Waals surface area contributed by atoms with Crippen LogP contribution in [0.4, 0.5) is 0 Å². The van der Waals surface area contributed by atoms with Gasteiger partial charge in [-0.05, 0) is 13.3 Å². The summed E-state index contributed by atoms with van der Waals surface area (Å²) in [5.41, 5.74) is 0. The van der Waals surface area contributed by atoms with Crippen molar-refractivity contribution in [2.45, 2.75) is 105 Å². The van der Waals surface area contributed by atoms with E-state index < -0.39 is 0 Å². The third kappa shape index (κ3) is 24.8. The summed E-state index contributed by atoms with van der Waals surface area (Å²) in [6, 6.07) is 0. The number of unbranched alkanes of at least 4 members (excludes halogenated alkanes) is 9. The fourth-order valence-corrected chi connectivity index (χ4v) is 1.83. The summed E-state index contributed by atoms with van der Waals surface area (Å²) in [5.74, 6) is 0.334. The van der Waals surface area contributed by atoms with Crippen molar-refractivity contribution in [1.82, 2.24) is 0 Å². The molecule has 0 fully saturated rings. The molecule has 1 nitrogen and oxygen atoms in total. The average molecular weight is 256 g/mol. The zero-order valence-electron chi connectivity index (χ0n) is 13.4. The van der Waals surface area contributed by atoms with Crippen molar-refractivity contribution < 1.29 is 4.79 Å². The van der Waals surface area contributed by atoms with Gasteiger partial charge in [0.15, 0.2) is 0 Å². The molecule has 0 aromatic heterocycles. The first-order valence-corrected chi connectivity index (χ1v) is 8.18. The molecule has 0 unspecified atom stereocenters. The lowest BCUT2D eigenvalue weighted by Crippen LogP contribution is -1.88. The van der Waals surface area contributed by atoms with E-state index in [4.69, 9.17) is 0 Å². The van der Waals surface area contributed by atoms with E-state index in [2.05, 4.69) is 20.8 Å². The van der Waals surface area contributed by atoms with Gasteiger partial charge in [-0.2, -0.15) is 0 Å². The van der Waals surface area contributed by atoms with Crippen LogP contribution in [0.5, 0.6) is 0 Å². The number of hydrogen-bond acceptors (Lipinski definition) is 1. The van der Waals surface area contributed by atoms with Crippen LogP contribution in [0.1, 0.15) is 105 Å². The first-order valence-electron chi connectivity index (χ1n) is 8.18. The standard InChI is InChI=1S/C10H20O.C7H16/c1-3-4-5-6-7-8-9-10(2)11;1-3-5-7-6-4-2/h3-9H2,1-2H3;3-7H2,1-2H3. The van der Waals surface area contributed by atoms with Crippen molar-refractivity contribution in [3.8, 4) is 0 Å². The van der Waals surface area contributed by atoms with Crippen molar-refractivity contribution in [2.75, 3.05) is 0 Å². The Morgan fingerprint density at radius 3 is 1.33 bits per heavy atom. The number of carbonyl (C=O) groups is 1. The number of ketones is 1. The minimum absolute atomic E-state index is 0.334. The average Bonchev–Trinajstić information content (AvgIpc) is 2.35. The molecule has 0 atom stereocenters. The Kier molecular flexibility index (Phi) is 21.1. The van der Waals surface area contributed by atoms with Gasteiger partial charge in [0.05, 0.1) is 0 Å². The molecule has 0 heterocycles. The first kappa shape index (κ1) is 20.0. The predicted octanol–water partition coefficient (Wildman–Crippen LogP) is 6.30. The lowest BCUT2D eigenvalue weighted by Gasteiger charge is -1.97. The number of rotatable bonds is 11. The minimum Gasteiger partial charge on any atom is -0.300 e. The summed E-state index contributed by atoms with van der Waals surface area (Å²) in [6.45, 7) is 8.38. The molecule has 0 aromatic rings. The summed E-state index contributed by atoms with van der Waals surface area (Å²) in [7, 11) is 0. The van der Waals surface area contributed by atoms with Gasteiger partial charge in [-0.25, -0.2) is 0 Å². The van der Waals surface area contributed by atoms with Gasteiger partial charge < -0.3 is 4.79 Å². The maximum Gasteiger partial charge on any atom is 0.129 e. The minimum atomic E-state index is 0.334. The Balaban J connectivity index is 0. The lowest BCUT2D eigenvalue weighted by molar-refractivity contribution is -0.117. The maximum absolute atomic E-state index is 10.5. The van der Waals surface area contributed by atoms with Crippen molar-refractivity contribution in [2.24, 2.45) is 0 Å². The van der Waals surface area contributed by atoms with Crippen molar-refractivity contribution in [3.05, 3.63) is 0 Å². The summed E-state index contributed by atoms with van der Waals surface area (Å²) in [5, 5.41) is 0. The Bertz CT molecular complexity index is 148. The normalized spacial score (nSPS) is 9.78. The predicted molar refractivity (Wildman–Crippen MR) is 83.1 cm³/mol. The zero-order chi connectivity index (χ0) is 14.1. The van der Waals surface area contributed by atoms with Crippen LogP contribution in [0.25, 0.3) is 0 Å². The third-order valence-electron chi connectivity index (χ3n) is 3.09. The molecule has 1 heteroatoms. The van der Waals surface area contributed by atoms with Gasteiger partial charge in [0.1, 0.15) is 5.78 Å². The molecular weight excluding hydrogens is 220 g/mol. The molecule has 0 aliphatic rings. The van der Waals surface area contributed by atoms with Gasteiger partial charge in [-0.3, -0.25) is 0 Å².